The molecule has 2 atom stereocenters. The van der Waals surface area contributed by atoms with Crippen molar-refractivity contribution in [3.8, 4) is 0 Å². The highest BCUT2D eigenvalue weighted by atomic mass is 32.1. The molecule has 0 aromatic heterocycles. The van der Waals surface area contributed by atoms with Gasteiger partial charge in [0.25, 0.3) is 0 Å². The minimum Gasteiger partial charge on any atom is -0.172 e. The van der Waals surface area contributed by atoms with Crippen LogP contribution < -0.4 is 0 Å². The third-order valence-corrected chi connectivity index (χ3v) is 4.68. The summed E-state index contributed by atoms with van der Waals surface area (Å²) in [5.74, 6) is 3.17. The van der Waals surface area contributed by atoms with Crippen molar-refractivity contribution in [1.82, 2.24) is 0 Å². The molecule has 0 N–H and O–H groups in total. The molecule has 0 amide bonds. The molecule has 0 heterocycles. The fourth-order valence-electron chi connectivity index (χ4n) is 3.75. The quantitative estimate of drug-likeness (QED) is 0.509. The molecule has 1 heteroatoms. The molecule has 4 rings (SSSR count). The first-order valence-corrected chi connectivity index (χ1v) is 4.93. The van der Waals surface area contributed by atoms with E-state index in [2.05, 4.69) is 0 Å². The van der Waals surface area contributed by atoms with E-state index >= 15 is 0 Å². The zero-order chi connectivity index (χ0) is 6.77. The molecule has 0 nitrogen and oxygen atoms in total. The normalized spacial score (nSPS) is 63.9. The van der Waals surface area contributed by atoms with Crippen molar-refractivity contribution >= 4 is 12.6 Å². The number of hydrogen-bond acceptors (Lipinski definition) is 1. The highest BCUT2D eigenvalue weighted by Crippen LogP contribution is 2.63. The van der Waals surface area contributed by atoms with Gasteiger partial charge in [0.2, 0.25) is 0 Å². The van der Waals surface area contributed by atoms with E-state index in [1.165, 1.54) is 25.7 Å². The number of thiol groups is 1. The molecule has 4 aliphatic rings. The van der Waals surface area contributed by atoms with Crippen LogP contribution in [0.3, 0.4) is 0 Å². The van der Waals surface area contributed by atoms with Crippen LogP contribution in [0.5, 0.6) is 0 Å². The second kappa shape index (κ2) is 1.57. The van der Waals surface area contributed by atoms with E-state index in [0.717, 1.165) is 17.8 Å². The molecule has 0 aromatic rings. The molecule has 0 radical (unpaired) electrons. The van der Waals surface area contributed by atoms with Gasteiger partial charge >= 0.3 is 0 Å². The summed E-state index contributed by atoms with van der Waals surface area (Å²) in [6, 6.07) is 0. The summed E-state index contributed by atoms with van der Waals surface area (Å²) in [5, 5.41) is 0. The van der Waals surface area contributed by atoms with Crippen LogP contribution in [0.15, 0.2) is 0 Å². The van der Waals surface area contributed by atoms with Crippen molar-refractivity contribution in [3.63, 3.8) is 0 Å². The summed E-state index contributed by atoms with van der Waals surface area (Å²) in [6.07, 6.45) is 7.45. The molecular formula is C9H14S. The first-order chi connectivity index (χ1) is 4.76. The maximum atomic E-state index is 4.83. The molecule has 2 unspecified atom stereocenters. The van der Waals surface area contributed by atoms with Crippen molar-refractivity contribution < 1.29 is 0 Å². The number of hydrogen-bond donors (Lipinski definition) is 1. The summed E-state index contributed by atoms with van der Waals surface area (Å²) in [4.78, 5) is 0. The van der Waals surface area contributed by atoms with E-state index < -0.39 is 0 Å². The molecule has 10 heavy (non-hydrogen) atoms. The largest absolute Gasteiger partial charge is 0.172 e. The molecule has 0 aliphatic heterocycles. The monoisotopic (exact) mass is 154 g/mol. The lowest BCUT2D eigenvalue weighted by Gasteiger charge is -2.27. The lowest BCUT2D eigenvalue weighted by Crippen LogP contribution is -2.22. The van der Waals surface area contributed by atoms with Gasteiger partial charge in [0.15, 0.2) is 0 Å². The van der Waals surface area contributed by atoms with Crippen molar-refractivity contribution in [2.45, 2.75) is 36.9 Å². The van der Waals surface area contributed by atoms with Crippen LogP contribution in [0.1, 0.15) is 32.1 Å². The highest BCUT2D eigenvalue weighted by molar-refractivity contribution is 7.81. The van der Waals surface area contributed by atoms with E-state index in [1.54, 1.807) is 6.42 Å². The van der Waals surface area contributed by atoms with Gasteiger partial charge in [-0.25, -0.2) is 0 Å². The highest BCUT2D eigenvalue weighted by Gasteiger charge is 2.55. The van der Waals surface area contributed by atoms with Crippen LogP contribution in [0.4, 0.5) is 0 Å². The minimum atomic E-state index is 0.521. The van der Waals surface area contributed by atoms with Crippen LogP contribution in [0, 0.1) is 17.8 Å². The summed E-state index contributed by atoms with van der Waals surface area (Å²) in [6.45, 7) is 0. The predicted octanol–water partition coefficient (Wildman–Crippen LogP) is 2.49. The molecule has 4 saturated carbocycles. The summed E-state index contributed by atoms with van der Waals surface area (Å²) in [5.41, 5.74) is 0. The third kappa shape index (κ3) is 0.561. The Labute approximate surface area is 67.8 Å². The predicted molar refractivity (Wildman–Crippen MR) is 45.3 cm³/mol. The molecule has 4 aliphatic carbocycles. The fourth-order valence-corrected chi connectivity index (χ4v) is 4.48. The van der Waals surface area contributed by atoms with E-state index in [-0.39, 0.29) is 0 Å². The fraction of sp³-hybridized carbons (Fsp3) is 1.00. The maximum absolute atomic E-state index is 4.83. The maximum Gasteiger partial charge on any atom is 0.0163 e. The van der Waals surface area contributed by atoms with Gasteiger partial charge in [-0.3, -0.25) is 0 Å². The van der Waals surface area contributed by atoms with Crippen LogP contribution in [-0.2, 0) is 0 Å². The van der Waals surface area contributed by atoms with Crippen molar-refractivity contribution in [1.29, 1.82) is 0 Å². The molecular weight excluding hydrogens is 140 g/mol. The molecule has 4 fully saturated rings. The molecule has 4 bridgehead atoms. The summed E-state index contributed by atoms with van der Waals surface area (Å²) < 4.78 is 0.521. The van der Waals surface area contributed by atoms with E-state index in [1.807, 2.05) is 0 Å². The average Bonchev–Trinajstić information content (AvgIpc) is 2.14. The zero-order valence-electron chi connectivity index (χ0n) is 6.21. The van der Waals surface area contributed by atoms with Crippen LogP contribution >= 0.6 is 12.6 Å². The van der Waals surface area contributed by atoms with Gasteiger partial charge < -0.3 is 0 Å². The second-order valence-corrected chi connectivity index (χ2v) is 5.54. The lowest BCUT2D eigenvalue weighted by molar-refractivity contribution is 0.283. The lowest BCUT2D eigenvalue weighted by atomic mass is 9.82. The Morgan fingerprint density at radius 3 is 2.00 bits per heavy atom. The Kier molecular flexibility index (Phi) is 0.934. The molecule has 0 spiro atoms. The van der Waals surface area contributed by atoms with E-state index in [0.29, 0.717) is 4.75 Å². The minimum absolute atomic E-state index is 0.521. The molecule has 56 valence electrons. The van der Waals surface area contributed by atoms with E-state index in [4.69, 9.17) is 12.6 Å². The zero-order valence-corrected chi connectivity index (χ0v) is 7.11. The number of rotatable bonds is 0. The third-order valence-electron chi connectivity index (χ3n) is 3.95. The van der Waals surface area contributed by atoms with Crippen LogP contribution in [0.25, 0.3) is 0 Å². The van der Waals surface area contributed by atoms with Gasteiger partial charge in [-0.2, -0.15) is 12.6 Å². The topological polar surface area (TPSA) is 0 Å². The van der Waals surface area contributed by atoms with Crippen LogP contribution in [-0.4, -0.2) is 4.75 Å². The Morgan fingerprint density at radius 2 is 1.60 bits per heavy atom. The standard InChI is InChI=1S/C9H14S/c10-9-4-6-1-7(5-9)3-8(9)2-6/h6-8,10H,1-5H2. The Hall–Kier alpha value is 0.350. The molecule has 0 saturated heterocycles. The van der Waals surface area contributed by atoms with Gasteiger partial charge in [-0.1, -0.05) is 0 Å². The van der Waals surface area contributed by atoms with Gasteiger partial charge in [-0.05, 0) is 49.9 Å². The summed E-state index contributed by atoms with van der Waals surface area (Å²) >= 11 is 4.83. The first-order valence-electron chi connectivity index (χ1n) is 4.49. The van der Waals surface area contributed by atoms with Gasteiger partial charge in [0, 0.05) is 4.75 Å². The van der Waals surface area contributed by atoms with Gasteiger partial charge in [-0.15, -0.1) is 0 Å². The molecule has 0 aromatic carbocycles. The first kappa shape index (κ1) is 5.93. The van der Waals surface area contributed by atoms with E-state index in [9.17, 15) is 0 Å². The van der Waals surface area contributed by atoms with Crippen LogP contribution in [0.2, 0.25) is 0 Å². The Morgan fingerprint density at radius 1 is 1.00 bits per heavy atom. The van der Waals surface area contributed by atoms with Crippen molar-refractivity contribution in [3.05, 3.63) is 0 Å². The Bertz CT molecular complexity index is 162. The average molecular weight is 154 g/mol. The SMILES string of the molecule is SC12CC3CC(CC1C3)C2. The van der Waals surface area contributed by atoms with Gasteiger partial charge in [0.1, 0.15) is 0 Å². The van der Waals surface area contributed by atoms with Crippen molar-refractivity contribution in [2.24, 2.45) is 17.8 Å². The second-order valence-electron chi connectivity index (χ2n) is 4.65. The Balaban J connectivity index is 2.04. The summed E-state index contributed by atoms with van der Waals surface area (Å²) in [7, 11) is 0. The van der Waals surface area contributed by atoms with Crippen molar-refractivity contribution in [2.75, 3.05) is 0 Å². The smallest absolute Gasteiger partial charge is 0.0163 e. The van der Waals surface area contributed by atoms with Gasteiger partial charge in [0.05, 0.1) is 0 Å².